The number of likely N-dealkylation sites (tertiary alicyclic amines) is 1. The van der Waals surface area contributed by atoms with Gasteiger partial charge in [-0.3, -0.25) is 9.59 Å². The highest BCUT2D eigenvalue weighted by atomic mass is 16.5. The highest BCUT2D eigenvalue weighted by Gasteiger charge is 2.35. The van der Waals surface area contributed by atoms with E-state index in [1.165, 1.54) is 5.56 Å². The molecule has 0 radical (unpaired) electrons. The zero-order valence-corrected chi connectivity index (χ0v) is 17.5. The third-order valence-corrected chi connectivity index (χ3v) is 5.64. The summed E-state index contributed by atoms with van der Waals surface area (Å²) in [6.07, 6.45) is 5.01. The first-order chi connectivity index (χ1) is 13.3. The van der Waals surface area contributed by atoms with Crippen molar-refractivity contribution in [1.82, 2.24) is 10.2 Å². The average Bonchev–Trinajstić information content (AvgIpc) is 3.50. The number of rotatable bonds is 7. The van der Waals surface area contributed by atoms with Crippen LogP contribution in [0.4, 0.5) is 0 Å². The van der Waals surface area contributed by atoms with Gasteiger partial charge in [-0.1, -0.05) is 32.9 Å². The third-order valence-electron chi connectivity index (χ3n) is 5.64. The van der Waals surface area contributed by atoms with Crippen molar-refractivity contribution < 1.29 is 14.3 Å². The zero-order valence-electron chi connectivity index (χ0n) is 17.5. The van der Waals surface area contributed by atoms with E-state index in [4.69, 9.17) is 4.74 Å². The number of ether oxygens (including phenoxy) is 1. The number of carbonyl (C=O) groups is 2. The molecule has 1 N–H and O–H groups in total. The lowest BCUT2D eigenvalue weighted by Crippen LogP contribution is -2.47. The number of benzene rings is 1. The van der Waals surface area contributed by atoms with Gasteiger partial charge in [0.2, 0.25) is 11.8 Å². The quantitative estimate of drug-likeness (QED) is 0.728. The molecule has 3 rings (SSSR count). The van der Waals surface area contributed by atoms with Crippen LogP contribution in [0, 0.1) is 5.92 Å². The zero-order chi connectivity index (χ0) is 20.1. The Morgan fingerprint density at radius 1 is 1.07 bits per heavy atom. The molecule has 1 aliphatic carbocycles. The fourth-order valence-electron chi connectivity index (χ4n) is 3.61. The van der Waals surface area contributed by atoms with Gasteiger partial charge in [-0.15, -0.1) is 0 Å². The monoisotopic (exact) mass is 386 g/mol. The van der Waals surface area contributed by atoms with Gasteiger partial charge in [-0.05, 0) is 55.2 Å². The number of carbonyl (C=O) groups excluding carboxylic acids is 2. The fourth-order valence-corrected chi connectivity index (χ4v) is 3.61. The molecule has 1 saturated heterocycles. The summed E-state index contributed by atoms with van der Waals surface area (Å²) in [6.45, 7) is 8.65. The smallest absolute Gasteiger partial charge is 0.225 e. The van der Waals surface area contributed by atoms with Gasteiger partial charge >= 0.3 is 0 Å². The number of nitrogens with one attached hydrogen (secondary N) is 1. The van der Waals surface area contributed by atoms with E-state index >= 15 is 0 Å². The molecule has 2 aliphatic rings. The van der Waals surface area contributed by atoms with Crippen LogP contribution in [0.5, 0.6) is 5.75 Å². The van der Waals surface area contributed by atoms with Crippen LogP contribution in [0.25, 0.3) is 0 Å². The molecule has 2 amide bonds. The molecule has 1 saturated carbocycles. The van der Waals surface area contributed by atoms with Crippen molar-refractivity contribution in [3.63, 3.8) is 0 Å². The first-order valence-electron chi connectivity index (χ1n) is 10.6. The fraction of sp³-hybridized carbons (Fsp3) is 0.652. The van der Waals surface area contributed by atoms with Crippen molar-refractivity contribution >= 4 is 11.8 Å². The van der Waals surface area contributed by atoms with E-state index < -0.39 is 0 Å². The van der Waals surface area contributed by atoms with E-state index in [2.05, 4.69) is 38.2 Å². The SMILES string of the molecule is CC(C)(C)c1ccc(OCCCC(=O)NC2CCN(C(=O)C3CC3)CC2)cc1. The Bertz CT molecular complexity index is 666. The Morgan fingerprint density at radius 3 is 2.29 bits per heavy atom. The Balaban J connectivity index is 1.29. The molecule has 0 atom stereocenters. The molecule has 2 fully saturated rings. The summed E-state index contributed by atoms with van der Waals surface area (Å²) >= 11 is 0. The second-order valence-electron chi connectivity index (χ2n) is 9.17. The van der Waals surface area contributed by atoms with Gasteiger partial charge in [0.25, 0.3) is 0 Å². The van der Waals surface area contributed by atoms with Crippen molar-refractivity contribution in [3.8, 4) is 5.75 Å². The van der Waals surface area contributed by atoms with Crippen LogP contribution in [0.15, 0.2) is 24.3 Å². The summed E-state index contributed by atoms with van der Waals surface area (Å²) in [5.74, 6) is 1.54. The number of piperidine rings is 1. The lowest BCUT2D eigenvalue weighted by molar-refractivity contribution is -0.133. The summed E-state index contributed by atoms with van der Waals surface area (Å²) in [7, 11) is 0. The molecule has 154 valence electrons. The van der Waals surface area contributed by atoms with E-state index in [-0.39, 0.29) is 23.3 Å². The number of hydrogen-bond acceptors (Lipinski definition) is 3. The Hall–Kier alpha value is -2.04. The molecule has 0 unspecified atom stereocenters. The number of hydrogen-bond donors (Lipinski definition) is 1. The highest BCUT2D eigenvalue weighted by molar-refractivity contribution is 5.81. The predicted molar refractivity (Wildman–Crippen MR) is 110 cm³/mol. The van der Waals surface area contributed by atoms with Crippen LogP contribution in [-0.4, -0.2) is 42.5 Å². The summed E-state index contributed by atoms with van der Waals surface area (Å²) in [5, 5.41) is 3.11. The van der Waals surface area contributed by atoms with Crippen LogP contribution in [0.1, 0.15) is 64.9 Å². The lowest BCUT2D eigenvalue weighted by Gasteiger charge is -2.32. The van der Waals surface area contributed by atoms with Gasteiger partial charge in [0, 0.05) is 31.5 Å². The maximum absolute atomic E-state index is 12.2. The molecule has 1 aromatic carbocycles. The minimum Gasteiger partial charge on any atom is -0.494 e. The minimum absolute atomic E-state index is 0.0821. The van der Waals surface area contributed by atoms with Gasteiger partial charge in [0.15, 0.2) is 0 Å². The maximum Gasteiger partial charge on any atom is 0.225 e. The molecule has 0 aromatic heterocycles. The van der Waals surface area contributed by atoms with Crippen molar-refractivity contribution in [2.45, 2.75) is 70.8 Å². The first kappa shape index (κ1) is 20.7. The first-order valence-corrected chi connectivity index (χ1v) is 10.6. The summed E-state index contributed by atoms with van der Waals surface area (Å²) in [6, 6.07) is 8.39. The standard InChI is InChI=1S/C23H34N2O3/c1-23(2,3)18-8-10-20(11-9-18)28-16-4-5-21(26)24-19-12-14-25(15-13-19)22(27)17-6-7-17/h8-11,17,19H,4-7,12-16H2,1-3H3,(H,24,26). The minimum atomic E-state index is 0.0821. The van der Waals surface area contributed by atoms with Crippen LogP contribution >= 0.6 is 0 Å². The molecule has 0 spiro atoms. The predicted octanol–water partition coefficient (Wildman–Crippen LogP) is 3.66. The Morgan fingerprint density at radius 2 is 1.71 bits per heavy atom. The second kappa shape index (κ2) is 8.97. The topological polar surface area (TPSA) is 58.6 Å². The highest BCUT2D eigenvalue weighted by Crippen LogP contribution is 2.32. The lowest BCUT2D eigenvalue weighted by atomic mass is 9.87. The van der Waals surface area contributed by atoms with E-state index in [9.17, 15) is 9.59 Å². The third kappa shape index (κ3) is 5.98. The van der Waals surface area contributed by atoms with Gasteiger partial charge < -0.3 is 15.0 Å². The van der Waals surface area contributed by atoms with Crippen LogP contribution in [0.3, 0.4) is 0 Å². The normalized spacial score (nSPS) is 18.0. The molecule has 5 nitrogen and oxygen atoms in total. The van der Waals surface area contributed by atoms with Crippen molar-refractivity contribution in [3.05, 3.63) is 29.8 Å². The van der Waals surface area contributed by atoms with E-state index in [1.54, 1.807) is 0 Å². The van der Waals surface area contributed by atoms with Gasteiger partial charge in [-0.25, -0.2) is 0 Å². The molecular formula is C23H34N2O3. The molecular weight excluding hydrogens is 352 g/mol. The van der Waals surface area contributed by atoms with Crippen LogP contribution in [0.2, 0.25) is 0 Å². The largest absolute Gasteiger partial charge is 0.494 e. The van der Waals surface area contributed by atoms with Crippen molar-refractivity contribution in [2.75, 3.05) is 19.7 Å². The summed E-state index contributed by atoms with van der Waals surface area (Å²) in [5.41, 5.74) is 1.42. The molecule has 1 heterocycles. The van der Waals surface area contributed by atoms with Crippen molar-refractivity contribution in [2.24, 2.45) is 5.92 Å². The molecule has 1 aliphatic heterocycles. The maximum atomic E-state index is 12.2. The number of nitrogens with zero attached hydrogens (tertiary/aromatic N) is 1. The molecule has 0 bridgehead atoms. The average molecular weight is 387 g/mol. The van der Waals surface area contributed by atoms with Gasteiger partial charge in [0.05, 0.1) is 6.61 Å². The van der Waals surface area contributed by atoms with Gasteiger partial charge in [-0.2, -0.15) is 0 Å². The second-order valence-corrected chi connectivity index (χ2v) is 9.17. The van der Waals surface area contributed by atoms with E-state index in [0.29, 0.717) is 25.4 Å². The summed E-state index contributed by atoms with van der Waals surface area (Å²) in [4.78, 5) is 26.2. The van der Waals surface area contributed by atoms with Crippen molar-refractivity contribution in [1.29, 1.82) is 0 Å². The Labute approximate surface area is 168 Å². The van der Waals surface area contributed by atoms with E-state index in [0.717, 1.165) is 44.5 Å². The molecule has 28 heavy (non-hydrogen) atoms. The Kier molecular flexibility index (Phi) is 6.63. The molecule has 1 aromatic rings. The van der Waals surface area contributed by atoms with Crippen LogP contribution < -0.4 is 10.1 Å². The summed E-state index contributed by atoms with van der Waals surface area (Å²) < 4.78 is 5.76. The van der Waals surface area contributed by atoms with E-state index in [1.807, 2.05) is 17.0 Å². The number of amides is 2. The van der Waals surface area contributed by atoms with Crippen LogP contribution in [-0.2, 0) is 15.0 Å². The molecule has 5 heteroatoms. The van der Waals surface area contributed by atoms with Gasteiger partial charge in [0.1, 0.15) is 5.75 Å².